The second-order valence-electron chi connectivity index (χ2n) is 19.3. The Morgan fingerprint density at radius 1 is 0.315 bits per heavy atom. The molecular weight excluding hydrogens is 889 g/mol. The molecule has 0 saturated carbocycles. The molecule has 0 amide bonds. The number of para-hydroxylation sites is 3. The van der Waals surface area contributed by atoms with Crippen LogP contribution < -0.4 is 9.80 Å². The highest BCUT2D eigenvalue weighted by molar-refractivity contribution is 6.08. The van der Waals surface area contributed by atoms with Crippen molar-refractivity contribution in [1.82, 2.24) is 0 Å². The Labute approximate surface area is 422 Å². The first kappa shape index (κ1) is 41.2. The molecule has 15 rings (SSSR count). The van der Waals surface area contributed by atoms with Crippen LogP contribution in [0, 0.1) is 0 Å². The van der Waals surface area contributed by atoms with Gasteiger partial charge < -0.3 is 18.6 Å². The smallest absolute Gasteiger partial charge is 0.135 e. The average Bonchev–Trinajstić information content (AvgIpc) is 4.17. The van der Waals surface area contributed by atoms with Crippen LogP contribution in [0.25, 0.3) is 88.9 Å². The van der Waals surface area contributed by atoms with Gasteiger partial charge in [-0.3, -0.25) is 0 Å². The van der Waals surface area contributed by atoms with Gasteiger partial charge in [-0.05, 0) is 187 Å². The molecule has 0 unspecified atom stereocenters. The Morgan fingerprint density at radius 3 is 1.34 bits per heavy atom. The highest BCUT2D eigenvalue weighted by Crippen LogP contribution is 2.64. The van der Waals surface area contributed by atoms with Crippen LogP contribution in [-0.4, -0.2) is 0 Å². The molecule has 0 saturated heterocycles. The lowest BCUT2D eigenvalue weighted by atomic mass is 9.70. The van der Waals surface area contributed by atoms with E-state index < -0.39 is 5.41 Å². The van der Waals surface area contributed by atoms with E-state index in [4.69, 9.17) is 8.83 Å². The largest absolute Gasteiger partial charge is 0.456 e. The van der Waals surface area contributed by atoms with Gasteiger partial charge in [-0.15, -0.1) is 0 Å². The molecule has 0 bridgehead atoms. The molecule has 0 radical (unpaired) electrons. The summed E-state index contributed by atoms with van der Waals surface area (Å²) in [4.78, 5) is 4.70. The van der Waals surface area contributed by atoms with Crippen LogP contribution in [0.5, 0.6) is 0 Å². The fourth-order valence-corrected chi connectivity index (χ4v) is 12.4. The van der Waals surface area contributed by atoms with Crippen molar-refractivity contribution >= 4 is 101 Å². The second kappa shape index (κ2) is 15.7. The van der Waals surface area contributed by atoms with Crippen molar-refractivity contribution < 1.29 is 8.83 Å². The van der Waals surface area contributed by atoms with Crippen LogP contribution in [0.15, 0.2) is 253 Å². The van der Waals surface area contributed by atoms with Crippen LogP contribution >= 0.6 is 0 Å². The molecule has 73 heavy (non-hydrogen) atoms. The minimum atomic E-state index is -0.561. The molecule has 0 aliphatic heterocycles. The zero-order valence-corrected chi connectivity index (χ0v) is 39.7. The Morgan fingerprint density at radius 2 is 0.781 bits per heavy atom. The van der Waals surface area contributed by atoms with E-state index in [9.17, 15) is 0 Å². The first-order valence-electron chi connectivity index (χ1n) is 24.9. The quantitative estimate of drug-likeness (QED) is 0.152. The van der Waals surface area contributed by atoms with Crippen molar-refractivity contribution in [3.8, 4) is 22.3 Å². The van der Waals surface area contributed by atoms with Gasteiger partial charge in [-0.2, -0.15) is 0 Å². The summed E-state index contributed by atoms with van der Waals surface area (Å²) in [6.45, 7) is 8.13. The van der Waals surface area contributed by atoms with Gasteiger partial charge in [0.15, 0.2) is 0 Å². The summed E-state index contributed by atoms with van der Waals surface area (Å²) in [5.41, 5.74) is 19.6. The molecular formula is C69H44N2O2. The Bertz CT molecular complexity index is 4400. The standard InChI is InChI=1S/C69H44N2O2/c1-3-53-59-41-51(31-33-67(59)72-65(53)4-2)70(47-17-7-5-8-18-47)49-29-27-43-37-57-58-38-44-28-30-50(71(48-19-9-6-10-20-48)52-32-34-68-60(42-52)56-23-13-16-26-66(56)73-68)36-46(44)40-64(58)69(63(57)39-45(43)35-49)61-24-14-11-21-54(61)55-22-12-15-25-62(55)69/h3-42H,1-2H2. The zero-order chi connectivity index (χ0) is 48.4. The maximum absolute atomic E-state index is 6.29. The topological polar surface area (TPSA) is 32.8 Å². The van der Waals surface area contributed by atoms with Crippen molar-refractivity contribution in [3.05, 3.63) is 277 Å². The van der Waals surface area contributed by atoms with Gasteiger partial charge in [-0.25, -0.2) is 0 Å². The van der Waals surface area contributed by atoms with Crippen LogP contribution in [0.2, 0.25) is 0 Å². The second-order valence-corrected chi connectivity index (χ2v) is 19.3. The molecule has 13 aromatic rings. The summed E-state index contributed by atoms with van der Waals surface area (Å²) in [7, 11) is 0. The number of hydrogen-bond acceptors (Lipinski definition) is 4. The predicted molar refractivity (Wildman–Crippen MR) is 304 cm³/mol. The van der Waals surface area contributed by atoms with Crippen molar-refractivity contribution in [1.29, 1.82) is 0 Å². The molecule has 0 atom stereocenters. The lowest BCUT2D eigenvalue weighted by molar-refractivity contribution is 0.603. The fraction of sp³-hybridized carbons (Fsp3) is 0.0145. The van der Waals surface area contributed by atoms with Gasteiger partial charge in [0.05, 0.1) is 5.41 Å². The minimum Gasteiger partial charge on any atom is -0.456 e. The molecule has 11 aromatic carbocycles. The predicted octanol–water partition coefficient (Wildman–Crippen LogP) is 19.2. The van der Waals surface area contributed by atoms with Gasteiger partial charge >= 0.3 is 0 Å². The number of fused-ring (bicyclic) bond motifs is 16. The van der Waals surface area contributed by atoms with E-state index in [0.29, 0.717) is 0 Å². The summed E-state index contributed by atoms with van der Waals surface area (Å²) < 4.78 is 12.5. The molecule has 2 aliphatic rings. The van der Waals surface area contributed by atoms with E-state index in [0.717, 1.165) is 78.4 Å². The molecule has 1 spiro atoms. The van der Waals surface area contributed by atoms with E-state index in [1.54, 1.807) is 6.08 Å². The molecule has 2 heterocycles. The van der Waals surface area contributed by atoms with Gasteiger partial charge in [-0.1, -0.05) is 134 Å². The third kappa shape index (κ3) is 5.95. The Kier molecular flexibility index (Phi) is 8.84. The van der Waals surface area contributed by atoms with Crippen LogP contribution in [0.1, 0.15) is 33.6 Å². The number of anilines is 6. The maximum atomic E-state index is 6.29. The number of nitrogens with zero attached hydrogens (tertiary/aromatic N) is 2. The van der Waals surface area contributed by atoms with Crippen molar-refractivity contribution in [2.45, 2.75) is 5.41 Å². The molecule has 4 nitrogen and oxygen atoms in total. The third-order valence-electron chi connectivity index (χ3n) is 15.5. The van der Waals surface area contributed by atoms with E-state index in [1.807, 2.05) is 18.2 Å². The third-order valence-corrected chi connectivity index (χ3v) is 15.5. The minimum absolute atomic E-state index is 0.561. The van der Waals surface area contributed by atoms with E-state index in [1.165, 1.54) is 66.1 Å². The highest BCUT2D eigenvalue weighted by Gasteiger charge is 2.52. The summed E-state index contributed by atoms with van der Waals surface area (Å²) in [6.07, 6.45) is 3.61. The first-order chi connectivity index (χ1) is 36.1. The van der Waals surface area contributed by atoms with E-state index >= 15 is 0 Å². The summed E-state index contributed by atoms with van der Waals surface area (Å²) in [6, 6.07) is 84.4. The van der Waals surface area contributed by atoms with Gasteiger partial charge in [0.1, 0.15) is 22.5 Å². The van der Waals surface area contributed by atoms with Crippen LogP contribution in [0.3, 0.4) is 0 Å². The monoisotopic (exact) mass is 932 g/mol. The summed E-state index contributed by atoms with van der Waals surface area (Å²) >= 11 is 0. The van der Waals surface area contributed by atoms with Gasteiger partial charge in [0, 0.05) is 55.8 Å². The zero-order valence-electron chi connectivity index (χ0n) is 39.7. The van der Waals surface area contributed by atoms with E-state index in [2.05, 4.69) is 241 Å². The van der Waals surface area contributed by atoms with Crippen molar-refractivity contribution in [2.75, 3.05) is 9.80 Å². The first-order valence-corrected chi connectivity index (χ1v) is 24.9. The van der Waals surface area contributed by atoms with Gasteiger partial charge in [0.25, 0.3) is 0 Å². The van der Waals surface area contributed by atoms with Crippen molar-refractivity contribution in [2.24, 2.45) is 0 Å². The molecule has 2 aliphatic carbocycles. The lowest BCUT2D eigenvalue weighted by Gasteiger charge is -2.31. The molecule has 2 aromatic heterocycles. The Balaban J connectivity index is 0.938. The number of furan rings is 2. The van der Waals surface area contributed by atoms with Gasteiger partial charge in [0.2, 0.25) is 0 Å². The lowest BCUT2D eigenvalue weighted by Crippen LogP contribution is -2.25. The number of rotatable bonds is 8. The van der Waals surface area contributed by atoms with Crippen LogP contribution in [0.4, 0.5) is 34.1 Å². The highest BCUT2D eigenvalue weighted by atomic mass is 16.3. The number of hydrogen-bond donors (Lipinski definition) is 0. The van der Waals surface area contributed by atoms with E-state index in [-0.39, 0.29) is 0 Å². The molecule has 0 fully saturated rings. The fourth-order valence-electron chi connectivity index (χ4n) is 12.4. The maximum Gasteiger partial charge on any atom is 0.135 e. The average molecular weight is 933 g/mol. The number of benzene rings is 11. The SMILES string of the molecule is C=Cc1oc2ccc(N(c3ccccc3)c3ccc4cc5c(cc4c3)C3(c4ccccc4-c4ccccc43)c3cc4cc(N(c6ccccc6)c6ccc7oc8ccccc8c7c6)ccc4cc3-5)cc2c1C=C. The summed E-state index contributed by atoms with van der Waals surface area (Å²) in [5, 5.41) is 7.93. The molecule has 4 heteroatoms. The van der Waals surface area contributed by atoms with Crippen molar-refractivity contribution in [3.63, 3.8) is 0 Å². The Hall–Kier alpha value is -9.64. The summed E-state index contributed by atoms with van der Waals surface area (Å²) in [5.74, 6) is 0.720. The molecule has 342 valence electrons. The normalized spacial score (nSPS) is 12.9. The van der Waals surface area contributed by atoms with Crippen LogP contribution in [-0.2, 0) is 5.41 Å². The molecule has 0 N–H and O–H groups in total.